The second-order valence-electron chi connectivity index (χ2n) is 21.1. The molecule has 0 unspecified atom stereocenters. The largest absolute Gasteiger partial charge is 0.415 e. The number of carbonyl (C=O) groups excluding carboxylic acids is 4. The van der Waals surface area contributed by atoms with Gasteiger partial charge in [0.15, 0.2) is 0 Å². The third-order valence-electron chi connectivity index (χ3n) is 15.3. The molecule has 428 valence electrons. The highest BCUT2D eigenvalue weighted by Gasteiger charge is 2.57. The molecule has 20 nitrogen and oxygen atoms in total. The van der Waals surface area contributed by atoms with Gasteiger partial charge in [0, 0.05) is 120 Å². The van der Waals surface area contributed by atoms with Gasteiger partial charge in [-0.25, -0.2) is 26.9 Å². The van der Waals surface area contributed by atoms with Gasteiger partial charge >= 0.3 is 13.2 Å². The minimum atomic E-state index is -3.01. The number of ketones is 2. The summed E-state index contributed by atoms with van der Waals surface area (Å²) in [7, 11) is 3.12. The summed E-state index contributed by atoms with van der Waals surface area (Å²) in [6.07, 6.45) is 10.0. The van der Waals surface area contributed by atoms with E-state index in [0.29, 0.717) is 82.9 Å². The number of thiophene rings is 2. The maximum absolute atomic E-state index is 13.4. The van der Waals surface area contributed by atoms with Crippen LogP contribution in [0.2, 0.25) is 0 Å². The predicted molar refractivity (Wildman–Crippen MR) is 271 cm³/mol. The molecule has 6 aromatic rings. The SMILES string of the molecule is Cn1nc(OC(F)F)cc1Nc1nncn1[C@H]1CCc2sc(CC(=O)C3CC3)c(C(=O)NC[C@@H]3CC3(F)F)c2C1.Cn1nc(OC(F)F)cc1Nc1nncn1[C@H]1CCc2sc(CC(=O)C3CC3)c(C(=O)NC[C@H]3CC3(F)F)c2C1. The van der Waals surface area contributed by atoms with Gasteiger partial charge in [0.2, 0.25) is 23.7 Å². The van der Waals surface area contributed by atoms with Crippen LogP contribution in [0.4, 0.5) is 58.7 Å². The van der Waals surface area contributed by atoms with E-state index in [2.05, 4.69) is 61.3 Å². The fourth-order valence-corrected chi connectivity index (χ4v) is 13.1. The molecule has 0 radical (unpaired) electrons. The van der Waals surface area contributed by atoms with Crippen molar-refractivity contribution >= 4 is 69.6 Å². The molecule has 4 atom stereocenters. The summed E-state index contributed by atoms with van der Waals surface area (Å²) < 4.78 is 119. The summed E-state index contributed by atoms with van der Waals surface area (Å²) in [5, 5.41) is 35.5. The molecule has 4 fully saturated rings. The van der Waals surface area contributed by atoms with E-state index in [1.807, 2.05) is 9.13 Å². The van der Waals surface area contributed by atoms with Crippen LogP contribution in [0, 0.1) is 23.7 Å². The highest BCUT2D eigenvalue weighted by molar-refractivity contribution is 7.13. The first kappa shape index (κ1) is 55.0. The number of aromatic nitrogens is 10. The van der Waals surface area contributed by atoms with E-state index >= 15 is 0 Å². The number of amides is 2. The van der Waals surface area contributed by atoms with Crippen molar-refractivity contribution in [3.8, 4) is 11.8 Å². The number of hydrogen-bond acceptors (Lipinski definition) is 16. The molecule has 0 saturated heterocycles. The minimum absolute atomic E-state index is 0.0391. The Morgan fingerprint density at radius 1 is 0.637 bits per heavy atom. The Bertz CT molecular complexity index is 3110. The summed E-state index contributed by atoms with van der Waals surface area (Å²) in [4.78, 5) is 55.4. The van der Waals surface area contributed by atoms with E-state index in [4.69, 9.17) is 0 Å². The average molecular weight is 1160 g/mol. The molecule has 0 aliphatic heterocycles. The molecule has 6 heterocycles. The zero-order chi connectivity index (χ0) is 56.4. The lowest BCUT2D eigenvalue weighted by atomic mass is 9.90. The molecule has 0 spiro atoms. The van der Waals surface area contributed by atoms with Crippen LogP contribution in [0.3, 0.4) is 0 Å². The van der Waals surface area contributed by atoms with Gasteiger partial charge in [-0.2, -0.15) is 17.6 Å². The van der Waals surface area contributed by atoms with Gasteiger partial charge < -0.3 is 30.7 Å². The summed E-state index contributed by atoms with van der Waals surface area (Å²) in [6, 6.07) is 2.32. The molecule has 4 N–H and O–H groups in total. The number of nitrogens with zero attached hydrogens (tertiary/aromatic N) is 10. The molecule has 12 rings (SSSR count). The Morgan fingerprint density at radius 3 is 1.38 bits per heavy atom. The smallest absolute Gasteiger partial charge is 0.388 e. The van der Waals surface area contributed by atoms with Crippen molar-refractivity contribution in [3.05, 3.63) is 66.5 Å². The Kier molecular flexibility index (Phi) is 15.0. The number of fused-ring (bicyclic) bond motifs is 2. The van der Waals surface area contributed by atoms with Gasteiger partial charge in [-0.3, -0.25) is 28.3 Å². The maximum atomic E-state index is 13.4. The lowest BCUT2D eigenvalue weighted by molar-refractivity contribution is -0.120. The van der Waals surface area contributed by atoms with Gasteiger partial charge in [-0.15, -0.1) is 53.3 Å². The van der Waals surface area contributed by atoms with Crippen LogP contribution < -0.4 is 30.7 Å². The highest BCUT2D eigenvalue weighted by atomic mass is 32.1. The second kappa shape index (κ2) is 21.8. The molecule has 4 saturated carbocycles. The first-order valence-electron chi connectivity index (χ1n) is 26.1. The van der Waals surface area contributed by atoms with E-state index in [1.165, 1.54) is 44.2 Å². The highest BCUT2D eigenvalue weighted by Crippen LogP contribution is 2.49. The maximum Gasteiger partial charge on any atom is 0.388 e. The first-order chi connectivity index (χ1) is 38.2. The fourth-order valence-electron chi connectivity index (χ4n) is 10.3. The van der Waals surface area contributed by atoms with Crippen LogP contribution in [-0.2, 0) is 62.2 Å². The Hall–Kier alpha value is -6.98. The Labute approximate surface area is 458 Å². The number of halogens is 8. The van der Waals surface area contributed by atoms with Crippen molar-refractivity contribution in [1.29, 1.82) is 0 Å². The second-order valence-corrected chi connectivity index (χ2v) is 23.5. The van der Waals surface area contributed by atoms with Crippen molar-refractivity contribution in [2.45, 2.75) is 127 Å². The Morgan fingerprint density at radius 2 is 1.02 bits per heavy atom. The van der Waals surface area contributed by atoms with Crippen molar-refractivity contribution in [3.63, 3.8) is 0 Å². The number of alkyl halides is 8. The number of Topliss-reactive ketones (excluding diaryl/α,β-unsaturated/α-hetero) is 2. The molecule has 30 heteroatoms. The zero-order valence-corrected chi connectivity index (χ0v) is 44.6. The quantitative estimate of drug-likeness (QED) is 0.0471. The van der Waals surface area contributed by atoms with Gasteiger partial charge in [-0.1, -0.05) is 0 Å². The number of aryl methyl sites for hydroxylation is 4. The van der Waals surface area contributed by atoms with Crippen LogP contribution in [0.25, 0.3) is 0 Å². The average Bonchev–Trinajstić information content (AvgIpc) is 4.48. The Balaban J connectivity index is 0.000000169. The zero-order valence-electron chi connectivity index (χ0n) is 43.0. The third-order valence-corrected chi connectivity index (χ3v) is 17.9. The van der Waals surface area contributed by atoms with E-state index in [-0.39, 0.29) is 86.0 Å². The topological polar surface area (TPSA) is 232 Å². The molecule has 0 aromatic carbocycles. The standard InChI is InChI=1S/2C25H27F4N7O3S/c2*1-35-19(8-20(34-35)39-23(26)27)32-24-33-31-11-36(24)14-4-5-17-15(6-14)21(18(40-17)7-16(37)12-2-3-12)22(38)30-10-13-9-25(13,28)29/h2*8,11-14,23H,2-7,9-10H2,1H3,(H,30,38)(H,32,33)/t13-,14+;13-,14-/m10/s1. The molecule has 80 heavy (non-hydrogen) atoms. The number of anilines is 4. The molecular weight excluding hydrogens is 1110 g/mol. The molecule has 0 bridgehead atoms. The van der Waals surface area contributed by atoms with Crippen LogP contribution in [0.15, 0.2) is 24.8 Å². The lowest BCUT2D eigenvalue weighted by Crippen LogP contribution is -2.29. The van der Waals surface area contributed by atoms with Crippen LogP contribution >= 0.6 is 22.7 Å². The van der Waals surface area contributed by atoms with Crippen molar-refractivity contribution in [1.82, 2.24) is 59.7 Å². The van der Waals surface area contributed by atoms with E-state index in [1.54, 1.807) is 26.7 Å². The molecule has 6 aliphatic carbocycles. The number of ether oxygens (including phenoxy) is 2. The number of nitrogens with one attached hydrogen (secondary N) is 4. The summed E-state index contributed by atoms with van der Waals surface area (Å²) in [5.74, 6) is -6.86. The van der Waals surface area contributed by atoms with Crippen molar-refractivity contribution < 1.29 is 63.8 Å². The molecule has 6 aliphatic rings. The lowest BCUT2D eigenvalue weighted by Gasteiger charge is -2.25. The summed E-state index contributed by atoms with van der Waals surface area (Å²) in [5.41, 5.74) is 2.47. The van der Waals surface area contributed by atoms with Crippen LogP contribution in [-0.4, -0.2) is 111 Å². The molecule has 2 amide bonds. The van der Waals surface area contributed by atoms with Crippen molar-refractivity contribution in [2.24, 2.45) is 37.8 Å². The van der Waals surface area contributed by atoms with Crippen LogP contribution in [0.5, 0.6) is 11.8 Å². The van der Waals surface area contributed by atoms with E-state index in [0.717, 1.165) is 46.6 Å². The number of hydrogen-bond donors (Lipinski definition) is 4. The molecular formula is C50H54F8N14O6S2. The van der Waals surface area contributed by atoms with Gasteiger partial charge in [0.05, 0.1) is 11.1 Å². The van der Waals surface area contributed by atoms with Gasteiger partial charge in [-0.05, 0) is 75.3 Å². The van der Waals surface area contributed by atoms with Crippen LogP contribution in [0.1, 0.15) is 115 Å². The normalized spacial score (nSPS) is 21.2. The third kappa shape index (κ3) is 12.2. The predicted octanol–water partition coefficient (Wildman–Crippen LogP) is 8.11. The number of rotatable bonds is 22. The first-order valence-corrected chi connectivity index (χ1v) is 27.8. The summed E-state index contributed by atoms with van der Waals surface area (Å²) in [6.45, 7) is -6.25. The number of carbonyl (C=O) groups is 4. The van der Waals surface area contributed by atoms with E-state index < -0.39 is 48.7 Å². The molecule has 6 aromatic heterocycles. The minimum Gasteiger partial charge on any atom is -0.415 e. The van der Waals surface area contributed by atoms with Gasteiger partial charge in [0.25, 0.3) is 23.7 Å². The van der Waals surface area contributed by atoms with Gasteiger partial charge in [0.1, 0.15) is 35.9 Å². The fraction of sp³-hybridized carbons (Fsp3) is 0.560. The van der Waals surface area contributed by atoms with Crippen molar-refractivity contribution in [2.75, 3.05) is 23.7 Å². The summed E-state index contributed by atoms with van der Waals surface area (Å²) >= 11 is 2.91. The monoisotopic (exact) mass is 1160 g/mol. The van der Waals surface area contributed by atoms with E-state index in [9.17, 15) is 54.3 Å².